The van der Waals surface area contributed by atoms with Gasteiger partial charge in [-0.25, -0.2) is 19.2 Å². The molecule has 8 fully saturated rings. The van der Waals surface area contributed by atoms with Gasteiger partial charge in [0.1, 0.15) is 0 Å². The SMILES string of the molecule is CC(C)OC(=O)Cl.CC(C)OC(=O)N1CCC(N2CCC(N3C(=O)N[C@@H]4CCCC[C@@H]43)CC2)CC1.Cl.Cl.O=C1N[C@@H]2CCCC[C@@H]2N1C1CCN(C2CCNCC2)CC1.O=CO[O-].[H-].[K+].[K+]. The minimum atomic E-state index is -0.741. The van der Waals surface area contributed by atoms with Gasteiger partial charge in [-0.3, -0.25) is 4.79 Å². The molecule has 22 heteroatoms. The van der Waals surface area contributed by atoms with Crippen LogP contribution in [-0.4, -0.2) is 167 Å². The molecule has 0 bridgehead atoms. The van der Waals surface area contributed by atoms with Crippen LogP contribution >= 0.6 is 36.4 Å². The van der Waals surface area contributed by atoms with Crippen molar-refractivity contribution in [1.29, 1.82) is 0 Å². The smallest absolute Gasteiger partial charge is 1.00 e. The number of hydrogen-bond acceptors (Lipinski definition) is 12. The molecule has 6 aliphatic heterocycles. The first-order valence-electron chi connectivity index (χ1n) is 23.3. The van der Waals surface area contributed by atoms with Crippen LogP contribution in [0.25, 0.3) is 0 Å². The summed E-state index contributed by atoms with van der Waals surface area (Å²) < 4.78 is 9.70. The van der Waals surface area contributed by atoms with Crippen LogP contribution in [0.2, 0.25) is 0 Å². The number of halogens is 3. The van der Waals surface area contributed by atoms with E-state index >= 15 is 0 Å². The summed E-state index contributed by atoms with van der Waals surface area (Å²) >= 11 is 4.81. The van der Waals surface area contributed by atoms with Crippen molar-refractivity contribution in [2.75, 3.05) is 52.4 Å². The van der Waals surface area contributed by atoms with Gasteiger partial charge in [0.05, 0.1) is 36.4 Å². The fraction of sp³-hybridized carbons (Fsp3) is 0.884. The Hall–Kier alpha value is 0.733. The van der Waals surface area contributed by atoms with E-state index in [0.29, 0.717) is 42.3 Å². The summed E-state index contributed by atoms with van der Waals surface area (Å²) in [5.41, 5.74) is -0.741. The molecule has 6 saturated heterocycles. The van der Waals surface area contributed by atoms with E-state index in [2.05, 4.69) is 45.2 Å². The van der Waals surface area contributed by atoms with E-state index in [4.69, 9.17) is 26.4 Å². The van der Waals surface area contributed by atoms with E-state index in [1.54, 1.807) is 13.8 Å². The minimum Gasteiger partial charge on any atom is -1.00 e. The summed E-state index contributed by atoms with van der Waals surface area (Å²) in [6.07, 6.45) is 18.5. The third-order valence-corrected chi connectivity index (χ3v) is 13.9. The second-order valence-corrected chi connectivity index (χ2v) is 18.7. The molecule has 0 unspecified atom stereocenters. The summed E-state index contributed by atoms with van der Waals surface area (Å²) in [7, 11) is 0. The van der Waals surface area contributed by atoms with Crippen molar-refractivity contribution in [2.45, 2.75) is 191 Å². The predicted molar refractivity (Wildman–Crippen MR) is 244 cm³/mol. The van der Waals surface area contributed by atoms with E-state index in [-0.39, 0.29) is 166 Å². The maximum Gasteiger partial charge on any atom is 1.00 e. The fourth-order valence-corrected chi connectivity index (χ4v) is 11.1. The Morgan fingerprint density at radius 2 is 1.00 bits per heavy atom. The van der Waals surface area contributed by atoms with Gasteiger partial charge in [-0.05, 0) is 118 Å². The van der Waals surface area contributed by atoms with Crippen LogP contribution in [0.1, 0.15) is 132 Å². The number of fused-ring (bicyclic) bond motifs is 2. The number of rotatable bonds is 7. The maximum absolute atomic E-state index is 12.6. The summed E-state index contributed by atoms with van der Waals surface area (Å²) in [6.45, 7) is 15.5. The second kappa shape index (κ2) is 33.4. The summed E-state index contributed by atoms with van der Waals surface area (Å²) in [4.78, 5) is 69.7. The summed E-state index contributed by atoms with van der Waals surface area (Å²) in [5.74, 6) is 0. The van der Waals surface area contributed by atoms with Crippen LogP contribution in [0.4, 0.5) is 19.2 Å². The molecule has 4 atom stereocenters. The molecule has 3 N–H and O–H groups in total. The van der Waals surface area contributed by atoms with E-state index in [9.17, 15) is 19.2 Å². The number of nitrogens with one attached hydrogen (secondary N) is 3. The normalized spacial score (nSPS) is 26.4. The number of hydrogen-bond donors (Lipinski definition) is 3. The zero-order valence-electron chi connectivity index (χ0n) is 40.9. The van der Waals surface area contributed by atoms with Gasteiger partial charge in [-0.15, -0.1) is 24.8 Å². The monoisotopic (exact) mass is 1030 g/mol. The topological polar surface area (TPSA) is 188 Å². The molecule has 366 valence electrons. The first kappa shape index (κ1) is 63.7. The van der Waals surface area contributed by atoms with Gasteiger partial charge in [-0.2, -0.15) is 0 Å². The van der Waals surface area contributed by atoms with Gasteiger partial charge >= 0.3 is 126 Å². The number of piperidine rings is 4. The zero-order chi connectivity index (χ0) is 43.9. The average Bonchev–Trinajstić information content (AvgIpc) is 3.78. The molecule has 8 aliphatic rings. The Morgan fingerprint density at radius 3 is 1.35 bits per heavy atom. The summed E-state index contributed by atoms with van der Waals surface area (Å²) in [6, 6.07) is 4.32. The Bertz CT molecular complexity index is 1420. The third-order valence-electron chi connectivity index (χ3n) is 13.8. The molecule has 0 aromatic heterocycles. The van der Waals surface area contributed by atoms with E-state index in [1.807, 2.05) is 18.7 Å². The zero-order valence-corrected chi connectivity index (χ0v) is 48.6. The van der Waals surface area contributed by atoms with Crippen LogP contribution in [0.5, 0.6) is 0 Å². The van der Waals surface area contributed by atoms with E-state index in [1.165, 1.54) is 90.4 Å². The number of nitrogens with zero attached hydrogens (tertiary/aromatic N) is 5. The van der Waals surface area contributed by atoms with Crippen molar-refractivity contribution in [3.63, 3.8) is 0 Å². The van der Waals surface area contributed by atoms with Crippen molar-refractivity contribution < 1.29 is 148 Å². The number of carbonyl (C=O) groups is 5. The molecule has 0 aromatic rings. The number of carbonyl (C=O) groups excluding carboxylic acids is 5. The van der Waals surface area contributed by atoms with Crippen molar-refractivity contribution in [3.8, 4) is 0 Å². The van der Waals surface area contributed by atoms with Crippen LogP contribution < -0.4 is 124 Å². The average molecular weight is 1030 g/mol. The minimum absolute atomic E-state index is 0. The van der Waals surface area contributed by atoms with Gasteiger partial charge in [0.25, 0.3) is 6.47 Å². The molecule has 0 aromatic carbocycles. The number of amides is 5. The molecule has 0 spiro atoms. The van der Waals surface area contributed by atoms with Gasteiger partial charge in [-0.1, -0.05) is 25.7 Å². The standard InChI is InChI=1S/C21H36N4O3.C17H30N4O.C4H7ClO2.CH2O3.2ClH.2K.H/c1-15(2)28-21(27)24-13-7-16(8-14-24)23-11-9-17(10-12-23)25-19-6-4-3-5-18(19)22-20(25)26;22-17-19-15-3-1-2-4-16(15)21(17)14-7-11-20(12-8-14)13-5-9-18-10-6-13;1-3(2)7-4(5)6;2-1-4-3;;;;;/h15-19H,3-14H2,1-2H3,(H,22,26);13-16,18H,1-12H2,(H,19,22);3H,1-2H3;1,3H;2*1H;;;/q;;;;;;2*+1;-1/p-1/t18-,19+;15-,16+;;;;;;;/m11......./s1. The summed E-state index contributed by atoms with van der Waals surface area (Å²) in [5, 5.41) is 18.4. The first-order valence-corrected chi connectivity index (χ1v) is 23.7. The van der Waals surface area contributed by atoms with Crippen LogP contribution in [-0.2, 0) is 19.2 Å². The molecule has 2 saturated carbocycles. The Balaban J connectivity index is 0.000000997. The third kappa shape index (κ3) is 19.7. The predicted octanol–water partition coefficient (Wildman–Crippen LogP) is -0.495. The number of likely N-dealkylation sites (tertiary alicyclic amines) is 3. The quantitative estimate of drug-likeness (QED) is 0.0979. The van der Waals surface area contributed by atoms with Crippen molar-refractivity contribution in [1.82, 2.24) is 40.4 Å². The van der Waals surface area contributed by atoms with Crippen LogP contribution in [0.3, 0.4) is 0 Å². The molecule has 2 aliphatic carbocycles. The van der Waals surface area contributed by atoms with Crippen molar-refractivity contribution in [3.05, 3.63) is 0 Å². The Kier molecular flexibility index (Phi) is 32.8. The molecular weight excluding hydrogens is 957 g/mol. The molecule has 0 radical (unpaired) electrons. The molecule has 8 rings (SSSR count). The molecule has 65 heavy (non-hydrogen) atoms. The van der Waals surface area contributed by atoms with Crippen molar-refractivity contribution >= 4 is 66.5 Å². The van der Waals surface area contributed by atoms with Gasteiger partial charge in [0, 0.05) is 75.0 Å². The molecular formula is C43H77Cl3K2N8O9. The van der Waals surface area contributed by atoms with Crippen LogP contribution in [0, 0.1) is 0 Å². The van der Waals surface area contributed by atoms with Crippen molar-refractivity contribution in [2.24, 2.45) is 0 Å². The Morgan fingerprint density at radius 1 is 0.631 bits per heavy atom. The first-order chi connectivity index (χ1) is 29.4. The van der Waals surface area contributed by atoms with Gasteiger partial charge in [0.15, 0.2) is 0 Å². The second-order valence-electron chi connectivity index (χ2n) is 18.4. The Labute approximate surface area is 491 Å². The molecule has 6 heterocycles. The van der Waals surface area contributed by atoms with Gasteiger partial charge in [0.2, 0.25) is 0 Å². The number of urea groups is 2. The van der Waals surface area contributed by atoms with E-state index < -0.39 is 5.43 Å². The number of ether oxygens (including phenoxy) is 2. The fourth-order valence-electron chi connectivity index (χ4n) is 11.0. The van der Waals surface area contributed by atoms with Gasteiger partial charge < -0.3 is 61.5 Å². The van der Waals surface area contributed by atoms with E-state index in [0.717, 1.165) is 70.7 Å². The molecule has 17 nitrogen and oxygen atoms in total. The van der Waals surface area contributed by atoms with Crippen LogP contribution in [0.15, 0.2) is 0 Å². The largest absolute Gasteiger partial charge is 1.00 e. The molecule has 5 amide bonds. The maximum atomic E-state index is 12.6.